The molecule has 3 aromatic carbocycles. The maximum absolute atomic E-state index is 13.5. The Morgan fingerprint density at radius 3 is 2.49 bits per heavy atom. The van der Waals surface area contributed by atoms with E-state index in [1.165, 1.54) is 0 Å². The summed E-state index contributed by atoms with van der Waals surface area (Å²) in [7, 11) is 0. The number of rotatable bonds is 10. The van der Waals surface area contributed by atoms with Crippen LogP contribution in [0.4, 0.5) is 5.69 Å². The van der Waals surface area contributed by atoms with Gasteiger partial charge in [-0.05, 0) is 61.9 Å². The van der Waals surface area contributed by atoms with Crippen molar-refractivity contribution in [2.24, 2.45) is 0 Å². The number of benzene rings is 3. The molecular formula is C29H31Cl2N3O3. The summed E-state index contributed by atoms with van der Waals surface area (Å²) in [5.74, 6) is -0.449. The summed E-state index contributed by atoms with van der Waals surface area (Å²) in [4.78, 5) is 42.8. The molecule has 2 atom stereocenters. The van der Waals surface area contributed by atoms with E-state index in [1.54, 1.807) is 34.9 Å². The van der Waals surface area contributed by atoms with Gasteiger partial charge in [-0.2, -0.15) is 0 Å². The molecule has 0 saturated heterocycles. The quantitative estimate of drug-likeness (QED) is 0.332. The molecule has 0 aromatic heterocycles. The second kappa shape index (κ2) is 11.5. The molecule has 0 bridgehead atoms. The Labute approximate surface area is 227 Å². The minimum Gasteiger partial charge on any atom is -0.352 e. The van der Waals surface area contributed by atoms with Gasteiger partial charge in [-0.1, -0.05) is 60.5 Å². The molecule has 3 aromatic rings. The van der Waals surface area contributed by atoms with Gasteiger partial charge in [-0.3, -0.25) is 14.4 Å². The first-order chi connectivity index (χ1) is 17.7. The van der Waals surface area contributed by atoms with Crippen LogP contribution >= 0.6 is 23.2 Å². The third-order valence-electron chi connectivity index (χ3n) is 6.95. The molecule has 1 aliphatic rings. The van der Waals surface area contributed by atoms with Gasteiger partial charge in [0.15, 0.2) is 0 Å². The molecule has 1 N–H and O–H groups in total. The van der Waals surface area contributed by atoms with E-state index in [1.807, 2.05) is 50.2 Å². The van der Waals surface area contributed by atoms with Crippen molar-refractivity contribution in [2.75, 3.05) is 11.4 Å². The highest BCUT2D eigenvalue weighted by molar-refractivity contribution is 6.35. The number of carbonyl (C=O) groups excluding carboxylic acids is 3. The first kappa shape index (κ1) is 27.0. The minimum absolute atomic E-state index is 0.00320. The number of nitrogens with zero attached hydrogens (tertiary/aromatic N) is 2. The number of hydrogen-bond donors (Lipinski definition) is 1. The predicted molar refractivity (Wildman–Crippen MR) is 149 cm³/mol. The standard InChI is InChI=1S/C29H31Cl2N3O3/c1-4-18(2)32-28(36)19(3)34(17-21-13-14-22(30)16-24(21)31)26(35)12-7-15-33-25-11-6-9-20-8-5-10-23(27(20)25)29(33)37/h5-6,8-11,13-14,16,18-19H,4,7,12,15,17H2,1-3H3,(H,32,36)/t18-,19+/m0/s1. The largest absolute Gasteiger partial charge is 0.352 e. The van der Waals surface area contributed by atoms with Crippen molar-refractivity contribution in [3.05, 3.63) is 75.8 Å². The number of halogens is 2. The topological polar surface area (TPSA) is 69.7 Å². The molecule has 37 heavy (non-hydrogen) atoms. The zero-order valence-electron chi connectivity index (χ0n) is 21.3. The van der Waals surface area contributed by atoms with Gasteiger partial charge >= 0.3 is 0 Å². The van der Waals surface area contributed by atoms with E-state index in [0.717, 1.165) is 22.9 Å². The predicted octanol–water partition coefficient (Wildman–Crippen LogP) is 6.22. The summed E-state index contributed by atoms with van der Waals surface area (Å²) < 4.78 is 0. The number of amides is 3. The molecular weight excluding hydrogens is 509 g/mol. The van der Waals surface area contributed by atoms with E-state index in [-0.39, 0.29) is 36.7 Å². The highest BCUT2D eigenvalue weighted by Crippen LogP contribution is 2.37. The van der Waals surface area contributed by atoms with Crippen LogP contribution in [-0.4, -0.2) is 41.2 Å². The Morgan fingerprint density at radius 2 is 1.78 bits per heavy atom. The SMILES string of the molecule is CC[C@H](C)NC(=O)[C@@H](C)N(Cc1ccc(Cl)cc1Cl)C(=O)CCCN1C(=O)c2cccc3cccc1c23. The fraction of sp³-hybridized carbons (Fsp3) is 0.345. The second-order valence-corrected chi connectivity index (χ2v) is 10.3. The van der Waals surface area contributed by atoms with Crippen molar-refractivity contribution in [3.8, 4) is 0 Å². The molecule has 8 heteroatoms. The van der Waals surface area contributed by atoms with Crippen LogP contribution in [-0.2, 0) is 16.1 Å². The van der Waals surface area contributed by atoms with Crippen LogP contribution in [0.3, 0.4) is 0 Å². The summed E-state index contributed by atoms with van der Waals surface area (Å²) in [5.41, 5.74) is 2.27. The molecule has 0 aliphatic carbocycles. The van der Waals surface area contributed by atoms with E-state index in [9.17, 15) is 14.4 Å². The van der Waals surface area contributed by atoms with Crippen LogP contribution < -0.4 is 10.2 Å². The molecule has 0 saturated carbocycles. The number of anilines is 1. The summed E-state index contributed by atoms with van der Waals surface area (Å²) in [6.45, 7) is 6.22. The number of carbonyl (C=O) groups is 3. The summed E-state index contributed by atoms with van der Waals surface area (Å²) in [6, 6.07) is 16.0. The van der Waals surface area contributed by atoms with Gasteiger partial charge in [0.25, 0.3) is 5.91 Å². The lowest BCUT2D eigenvalue weighted by Gasteiger charge is -2.30. The van der Waals surface area contributed by atoms with Gasteiger partial charge in [-0.15, -0.1) is 0 Å². The van der Waals surface area contributed by atoms with Crippen molar-refractivity contribution < 1.29 is 14.4 Å². The highest BCUT2D eigenvalue weighted by atomic mass is 35.5. The number of nitrogens with one attached hydrogen (secondary N) is 1. The smallest absolute Gasteiger partial charge is 0.258 e. The van der Waals surface area contributed by atoms with Crippen molar-refractivity contribution >= 4 is 57.4 Å². The molecule has 1 aliphatic heterocycles. The summed E-state index contributed by atoms with van der Waals surface area (Å²) >= 11 is 12.4. The molecule has 0 radical (unpaired) electrons. The second-order valence-electron chi connectivity index (χ2n) is 9.49. The van der Waals surface area contributed by atoms with E-state index < -0.39 is 6.04 Å². The monoisotopic (exact) mass is 539 g/mol. The van der Waals surface area contributed by atoms with Crippen molar-refractivity contribution in [1.29, 1.82) is 0 Å². The van der Waals surface area contributed by atoms with Crippen LogP contribution in [0.1, 0.15) is 56.0 Å². The van der Waals surface area contributed by atoms with Crippen molar-refractivity contribution in [1.82, 2.24) is 10.2 Å². The lowest BCUT2D eigenvalue weighted by Crippen LogP contribution is -2.49. The Bertz CT molecular complexity index is 1340. The molecule has 4 rings (SSSR count). The summed E-state index contributed by atoms with van der Waals surface area (Å²) in [5, 5.41) is 5.88. The fourth-order valence-corrected chi connectivity index (χ4v) is 5.08. The average Bonchev–Trinajstić information content (AvgIpc) is 3.15. The molecule has 1 heterocycles. The molecule has 6 nitrogen and oxygen atoms in total. The zero-order valence-corrected chi connectivity index (χ0v) is 22.8. The highest BCUT2D eigenvalue weighted by Gasteiger charge is 2.30. The Morgan fingerprint density at radius 1 is 1.05 bits per heavy atom. The van der Waals surface area contributed by atoms with E-state index in [4.69, 9.17) is 23.2 Å². The molecule has 0 spiro atoms. The third kappa shape index (κ3) is 5.76. The Balaban J connectivity index is 1.48. The van der Waals surface area contributed by atoms with Gasteiger partial charge < -0.3 is 15.1 Å². The van der Waals surface area contributed by atoms with Crippen LogP contribution in [0.2, 0.25) is 10.0 Å². The fourth-order valence-electron chi connectivity index (χ4n) is 4.61. The maximum Gasteiger partial charge on any atom is 0.258 e. The normalized spacial score (nSPS) is 14.1. The Hall–Kier alpha value is -3.09. The van der Waals surface area contributed by atoms with Crippen LogP contribution in [0.15, 0.2) is 54.6 Å². The van der Waals surface area contributed by atoms with Crippen LogP contribution in [0.5, 0.6) is 0 Å². The van der Waals surface area contributed by atoms with Crippen molar-refractivity contribution in [2.45, 2.75) is 58.7 Å². The molecule has 3 amide bonds. The lowest BCUT2D eigenvalue weighted by molar-refractivity contribution is -0.140. The third-order valence-corrected chi connectivity index (χ3v) is 7.53. The molecule has 0 fully saturated rings. The van der Waals surface area contributed by atoms with E-state index in [2.05, 4.69) is 5.32 Å². The molecule has 194 valence electrons. The van der Waals surface area contributed by atoms with E-state index >= 15 is 0 Å². The van der Waals surface area contributed by atoms with Gasteiger partial charge in [0, 0.05) is 46.5 Å². The van der Waals surface area contributed by atoms with Crippen LogP contribution in [0.25, 0.3) is 10.8 Å². The first-order valence-electron chi connectivity index (χ1n) is 12.6. The van der Waals surface area contributed by atoms with Gasteiger partial charge in [0.05, 0.1) is 5.69 Å². The van der Waals surface area contributed by atoms with Crippen LogP contribution in [0, 0.1) is 0 Å². The average molecular weight is 540 g/mol. The van der Waals surface area contributed by atoms with Gasteiger partial charge in [0.2, 0.25) is 11.8 Å². The summed E-state index contributed by atoms with van der Waals surface area (Å²) in [6.07, 6.45) is 1.43. The van der Waals surface area contributed by atoms with Crippen molar-refractivity contribution in [3.63, 3.8) is 0 Å². The lowest BCUT2D eigenvalue weighted by atomic mass is 10.1. The first-order valence-corrected chi connectivity index (χ1v) is 13.3. The molecule has 0 unspecified atom stereocenters. The number of hydrogen-bond acceptors (Lipinski definition) is 3. The minimum atomic E-state index is -0.695. The zero-order chi connectivity index (χ0) is 26.7. The Kier molecular flexibility index (Phi) is 8.40. The van der Waals surface area contributed by atoms with E-state index in [0.29, 0.717) is 34.1 Å². The van der Waals surface area contributed by atoms with Gasteiger partial charge in [0.1, 0.15) is 6.04 Å². The maximum atomic E-state index is 13.5. The van der Waals surface area contributed by atoms with Gasteiger partial charge in [-0.25, -0.2) is 0 Å².